The maximum absolute atomic E-state index is 12.8. The van der Waals surface area contributed by atoms with Crippen LogP contribution in [0.2, 0.25) is 0 Å². The van der Waals surface area contributed by atoms with Gasteiger partial charge in [0.2, 0.25) is 0 Å². The van der Waals surface area contributed by atoms with Crippen molar-refractivity contribution in [3.05, 3.63) is 12.2 Å². The van der Waals surface area contributed by atoms with Crippen LogP contribution in [0, 0.1) is 35.5 Å². The SMILES string of the molecule is C=C(C)C(=O)OC(C)(C)CC(C)C(C)C(=O)OC1C2CC3C1OC(=O)C3C2C(=O)O. The van der Waals surface area contributed by atoms with Crippen molar-refractivity contribution in [2.45, 2.75) is 65.3 Å². The number of carbonyl (C=O) groups excluding carboxylic acids is 3. The number of carboxylic acids is 1. The molecule has 0 radical (unpaired) electrons. The molecule has 0 amide bonds. The van der Waals surface area contributed by atoms with Crippen LogP contribution in [0.4, 0.5) is 0 Å². The van der Waals surface area contributed by atoms with Crippen LogP contribution in [-0.4, -0.2) is 46.8 Å². The third-order valence-electron chi connectivity index (χ3n) is 6.84. The largest absolute Gasteiger partial charge is 0.481 e. The van der Waals surface area contributed by atoms with E-state index in [1.54, 1.807) is 27.7 Å². The van der Waals surface area contributed by atoms with E-state index >= 15 is 0 Å². The highest BCUT2D eigenvalue weighted by atomic mass is 16.6. The molecule has 30 heavy (non-hydrogen) atoms. The fraction of sp³-hybridized carbons (Fsp3) is 0.727. The summed E-state index contributed by atoms with van der Waals surface area (Å²) in [6, 6.07) is 0. The Balaban J connectivity index is 1.63. The molecule has 166 valence electrons. The fourth-order valence-corrected chi connectivity index (χ4v) is 5.29. The van der Waals surface area contributed by atoms with Gasteiger partial charge < -0.3 is 19.3 Å². The van der Waals surface area contributed by atoms with Crippen molar-refractivity contribution < 1.29 is 38.5 Å². The fourth-order valence-electron chi connectivity index (χ4n) is 5.29. The van der Waals surface area contributed by atoms with Crippen molar-refractivity contribution in [1.82, 2.24) is 0 Å². The molecule has 2 bridgehead atoms. The van der Waals surface area contributed by atoms with Crippen LogP contribution in [0.5, 0.6) is 0 Å². The van der Waals surface area contributed by atoms with Crippen LogP contribution >= 0.6 is 0 Å². The summed E-state index contributed by atoms with van der Waals surface area (Å²) >= 11 is 0. The first-order chi connectivity index (χ1) is 13.8. The first-order valence-corrected chi connectivity index (χ1v) is 10.4. The smallest absolute Gasteiger partial charge is 0.333 e. The summed E-state index contributed by atoms with van der Waals surface area (Å²) in [5, 5.41) is 9.57. The minimum absolute atomic E-state index is 0.168. The normalized spacial score (nSPS) is 33.6. The average molecular weight is 422 g/mol. The molecule has 3 fully saturated rings. The Morgan fingerprint density at radius 1 is 1.27 bits per heavy atom. The zero-order valence-corrected chi connectivity index (χ0v) is 18.0. The molecule has 8 nitrogen and oxygen atoms in total. The Labute approximate surface area is 175 Å². The first kappa shape index (κ1) is 22.3. The number of ether oxygens (including phenoxy) is 3. The quantitative estimate of drug-likeness (QED) is 0.360. The summed E-state index contributed by atoms with van der Waals surface area (Å²) in [7, 11) is 0. The summed E-state index contributed by atoms with van der Waals surface area (Å²) in [6.07, 6.45) is -0.334. The van der Waals surface area contributed by atoms with E-state index in [2.05, 4.69) is 6.58 Å². The van der Waals surface area contributed by atoms with E-state index in [1.165, 1.54) is 0 Å². The molecule has 8 heteroatoms. The molecule has 1 aliphatic heterocycles. The van der Waals surface area contributed by atoms with Crippen LogP contribution in [0.3, 0.4) is 0 Å². The van der Waals surface area contributed by atoms with Crippen LogP contribution in [-0.2, 0) is 33.4 Å². The van der Waals surface area contributed by atoms with E-state index in [1.807, 2.05) is 6.92 Å². The van der Waals surface area contributed by atoms with Gasteiger partial charge in [-0.2, -0.15) is 0 Å². The number of fused-ring (bicyclic) bond motifs is 1. The molecular formula is C22H30O8. The van der Waals surface area contributed by atoms with Crippen molar-refractivity contribution in [3.63, 3.8) is 0 Å². The molecule has 0 aromatic carbocycles. The predicted molar refractivity (Wildman–Crippen MR) is 104 cm³/mol. The second kappa shape index (κ2) is 7.71. The van der Waals surface area contributed by atoms with Gasteiger partial charge in [0.05, 0.1) is 17.8 Å². The van der Waals surface area contributed by atoms with Crippen LogP contribution in [0.1, 0.15) is 47.5 Å². The number of hydrogen-bond acceptors (Lipinski definition) is 7. The second-order valence-corrected chi connectivity index (χ2v) is 9.66. The number of carboxylic acid groups (broad SMARTS) is 1. The monoisotopic (exact) mass is 422 g/mol. The van der Waals surface area contributed by atoms with Crippen molar-refractivity contribution in [2.75, 3.05) is 0 Å². The third kappa shape index (κ3) is 3.84. The molecule has 2 saturated carbocycles. The summed E-state index contributed by atoms with van der Waals surface area (Å²) in [5.41, 5.74) is -0.490. The predicted octanol–water partition coefficient (Wildman–Crippen LogP) is 2.35. The Kier molecular flexibility index (Phi) is 5.73. The minimum atomic E-state index is -1.05. The third-order valence-corrected chi connectivity index (χ3v) is 6.84. The van der Waals surface area contributed by atoms with Gasteiger partial charge in [-0.3, -0.25) is 14.4 Å². The van der Waals surface area contributed by atoms with E-state index in [9.17, 15) is 24.3 Å². The lowest BCUT2D eigenvalue weighted by molar-refractivity contribution is -0.170. The van der Waals surface area contributed by atoms with Gasteiger partial charge in [-0.1, -0.05) is 20.4 Å². The molecule has 8 atom stereocenters. The molecule has 8 unspecified atom stereocenters. The van der Waals surface area contributed by atoms with E-state index < -0.39 is 65.4 Å². The van der Waals surface area contributed by atoms with Crippen LogP contribution in [0.15, 0.2) is 12.2 Å². The van der Waals surface area contributed by atoms with Gasteiger partial charge in [0.1, 0.15) is 17.8 Å². The second-order valence-electron chi connectivity index (χ2n) is 9.66. The van der Waals surface area contributed by atoms with Crippen LogP contribution < -0.4 is 0 Å². The summed E-state index contributed by atoms with van der Waals surface area (Å²) in [4.78, 5) is 48.5. The number of carbonyl (C=O) groups is 4. The lowest BCUT2D eigenvalue weighted by atomic mass is 9.78. The molecule has 3 aliphatic rings. The molecule has 0 aromatic heterocycles. The van der Waals surface area contributed by atoms with Gasteiger partial charge in [-0.25, -0.2) is 4.79 Å². The molecule has 1 N–H and O–H groups in total. The van der Waals surface area contributed by atoms with Crippen molar-refractivity contribution in [2.24, 2.45) is 35.5 Å². The molecule has 1 saturated heterocycles. The van der Waals surface area contributed by atoms with E-state index in [0.717, 1.165) is 0 Å². The van der Waals surface area contributed by atoms with Crippen LogP contribution in [0.25, 0.3) is 0 Å². The molecule has 0 spiro atoms. The Morgan fingerprint density at radius 3 is 2.47 bits per heavy atom. The van der Waals surface area contributed by atoms with Gasteiger partial charge in [0.15, 0.2) is 0 Å². The number of esters is 3. The highest BCUT2D eigenvalue weighted by Crippen LogP contribution is 2.58. The maximum atomic E-state index is 12.8. The van der Waals surface area contributed by atoms with Gasteiger partial charge in [0.25, 0.3) is 0 Å². The van der Waals surface area contributed by atoms with Gasteiger partial charge >= 0.3 is 23.9 Å². The molecular weight excluding hydrogens is 392 g/mol. The lowest BCUT2D eigenvalue weighted by Gasteiger charge is -2.33. The van der Waals surface area contributed by atoms with E-state index in [4.69, 9.17) is 14.2 Å². The van der Waals surface area contributed by atoms with Gasteiger partial charge in [0, 0.05) is 17.4 Å². The Hall–Kier alpha value is -2.38. The van der Waals surface area contributed by atoms with Gasteiger partial charge in [-0.05, 0) is 39.5 Å². The zero-order chi connectivity index (χ0) is 22.5. The average Bonchev–Trinajstić information content (AvgIpc) is 3.23. The summed E-state index contributed by atoms with van der Waals surface area (Å²) in [5.74, 6) is -5.29. The van der Waals surface area contributed by atoms with Crippen molar-refractivity contribution in [3.8, 4) is 0 Å². The first-order valence-electron chi connectivity index (χ1n) is 10.4. The number of hydrogen-bond donors (Lipinski definition) is 1. The molecule has 3 rings (SSSR count). The summed E-state index contributed by atoms with van der Waals surface area (Å²) < 4.78 is 16.5. The lowest BCUT2D eigenvalue weighted by Crippen LogP contribution is -2.44. The standard InChI is InChI=1S/C22H30O8/c1-9(2)19(25)30-22(5,6)8-10(3)11(4)20(26)28-16-12-7-13-15(14(12)18(23)24)21(27)29-17(13)16/h10-17H,1,7-8H2,2-6H3,(H,23,24). The Morgan fingerprint density at radius 2 is 1.90 bits per heavy atom. The highest BCUT2D eigenvalue weighted by molar-refractivity contribution is 5.87. The van der Waals surface area contributed by atoms with Crippen molar-refractivity contribution >= 4 is 23.9 Å². The minimum Gasteiger partial charge on any atom is -0.481 e. The van der Waals surface area contributed by atoms with E-state index in [0.29, 0.717) is 18.4 Å². The molecule has 0 aromatic rings. The zero-order valence-electron chi connectivity index (χ0n) is 18.0. The molecule has 2 aliphatic carbocycles. The number of rotatable bonds is 8. The Bertz CT molecular complexity index is 784. The summed E-state index contributed by atoms with van der Waals surface area (Å²) in [6.45, 7) is 12.3. The topological polar surface area (TPSA) is 116 Å². The number of aliphatic carboxylic acids is 1. The maximum Gasteiger partial charge on any atom is 0.333 e. The van der Waals surface area contributed by atoms with Crippen molar-refractivity contribution in [1.29, 1.82) is 0 Å². The van der Waals surface area contributed by atoms with Gasteiger partial charge in [-0.15, -0.1) is 0 Å². The molecule has 1 heterocycles. The highest BCUT2D eigenvalue weighted by Gasteiger charge is 2.70. The van der Waals surface area contributed by atoms with E-state index in [-0.39, 0.29) is 11.8 Å².